The largest absolute Gasteiger partial charge is 0.487 e. The van der Waals surface area contributed by atoms with Crippen molar-refractivity contribution in [3.8, 4) is 5.75 Å². The Labute approximate surface area is 109 Å². The fraction of sp³-hybridized carbons (Fsp3) is 0.333. The summed E-state index contributed by atoms with van der Waals surface area (Å²) in [6.07, 6.45) is 0. The van der Waals surface area contributed by atoms with Crippen molar-refractivity contribution >= 4 is 17.4 Å². The van der Waals surface area contributed by atoms with Crippen LogP contribution >= 0.6 is 0 Å². The maximum Gasteiger partial charge on any atom is 0.311 e. The number of ether oxygens (including phenoxy) is 1. The second-order valence-corrected chi connectivity index (χ2v) is 3.73. The third-order valence-corrected chi connectivity index (χ3v) is 2.22. The Bertz CT molecular complexity index is 513. The fourth-order valence-electron chi connectivity index (χ4n) is 1.44. The van der Waals surface area contributed by atoms with Crippen molar-refractivity contribution in [1.82, 2.24) is 5.32 Å². The van der Waals surface area contributed by atoms with E-state index >= 15 is 0 Å². The second kappa shape index (κ2) is 6.48. The van der Waals surface area contributed by atoms with Crippen molar-refractivity contribution in [1.29, 1.82) is 0 Å². The molecule has 19 heavy (non-hydrogen) atoms. The number of hydrogen-bond acceptors (Lipinski definition) is 5. The zero-order chi connectivity index (χ0) is 14.4. The molecule has 0 aromatic heterocycles. The minimum atomic E-state index is -0.618. The summed E-state index contributed by atoms with van der Waals surface area (Å²) < 4.78 is 5.17. The van der Waals surface area contributed by atoms with Gasteiger partial charge in [0.1, 0.15) is 5.78 Å². The molecule has 0 aliphatic rings. The van der Waals surface area contributed by atoms with Crippen LogP contribution in [0.5, 0.6) is 5.75 Å². The van der Waals surface area contributed by atoms with Gasteiger partial charge in [-0.2, -0.15) is 0 Å². The maximum atomic E-state index is 11.9. The molecule has 0 saturated heterocycles. The molecule has 0 radical (unpaired) electrons. The van der Waals surface area contributed by atoms with Gasteiger partial charge in [-0.05, 0) is 19.9 Å². The lowest BCUT2D eigenvalue weighted by atomic mass is 10.1. The SMILES string of the molecule is CCOc1c(C(=O)NCC(C)=O)cccc1[N+](=O)[O-]. The predicted molar refractivity (Wildman–Crippen MR) is 67.3 cm³/mol. The zero-order valence-electron chi connectivity index (χ0n) is 10.6. The molecule has 0 atom stereocenters. The van der Waals surface area contributed by atoms with Gasteiger partial charge in [0.15, 0.2) is 0 Å². The molecule has 0 spiro atoms. The normalized spacial score (nSPS) is 9.79. The minimum Gasteiger partial charge on any atom is -0.487 e. The van der Waals surface area contributed by atoms with Crippen LogP contribution < -0.4 is 10.1 Å². The molecular weight excluding hydrogens is 252 g/mol. The van der Waals surface area contributed by atoms with Gasteiger partial charge >= 0.3 is 5.69 Å². The van der Waals surface area contributed by atoms with Crippen LogP contribution in [0.1, 0.15) is 24.2 Å². The van der Waals surface area contributed by atoms with E-state index in [2.05, 4.69) is 5.32 Å². The third-order valence-electron chi connectivity index (χ3n) is 2.22. The molecule has 0 aliphatic heterocycles. The molecule has 7 heteroatoms. The number of hydrogen-bond donors (Lipinski definition) is 1. The summed E-state index contributed by atoms with van der Waals surface area (Å²) in [5, 5.41) is 13.2. The van der Waals surface area contributed by atoms with Crippen molar-refractivity contribution in [3.05, 3.63) is 33.9 Å². The van der Waals surface area contributed by atoms with Gasteiger partial charge in [0, 0.05) is 6.07 Å². The van der Waals surface area contributed by atoms with E-state index in [-0.39, 0.29) is 35.9 Å². The minimum absolute atomic E-state index is 0.0392. The topological polar surface area (TPSA) is 98.5 Å². The molecule has 1 aromatic rings. The number of amides is 1. The number of nitrogens with zero attached hydrogens (tertiary/aromatic N) is 1. The van der Waals surface area contributed by atoms with Crippen molar-refractivity contribution in [3.63, 3.8) is 0 Å². The number of nitrogens with one attached hydrogen (secondary N) is 1. The van der Waals surface area contributed by atoms with Gasteiger partial charge in [-0.3, -0.25) is 19.7 Å². The number of nitro benzene ring substituents is 1. The summed E-state index contributed by atoms with van der Waals surface area (Å²) in [5.74, 6) is -0.879. The highest BCUT2D eigenvalue weighted by Crippen LogP contribution is 2.30. The lowest BCUT2D eigenvalue weighted by molar-refractivity contribution is -0.385. The first-order valence-corrected chi connectivity index (χ1v) is 5.65. The number of carbonyl (C=O) groups is 2. The van der Waals surface area contributed by atoms with Crippen molar-refractivity contribution in [2.24, 2.45) is 0 Å². The monoisotopic (exact) mass is 266 g/mol. The van der Waals surface area contributed by atoms with Crippen LogP contribution in [0.4, 0.5) is 5.69 Å². The van der Waals surface area contributed by atoms with Crippen LogP contribution in [0.3, 0.4) is 0 Å². The molecule has 1 rings (SSSR count). The summed E-state index contributed by atoms with van der Waals surface area (Å²) in [7, 11) is 0. The first kappa shape index (κ1) is 14.6. The number of benzene rings is 1. The zero-order valence-corrected chi connectivity index (χ0v) is 10.6. The molecule has 102 valence electrons. The summed E-state index contributed by atoms with van der Waals surface area (Å²) in [5.41, 5.74) is -0.241. The molecule has 1 amide bonds. The van der Waals surface area contributed by atoms with Gasteiger partial charge in [0.25, 0.3) is 5.91 Å². The van der Waals surface area contributed by atoms with Crippen LogP contribution in [0.2, 0.25) is 0 Å². The van der Waals surface area contributed by atoms with E-state index in [4.69, 9.17) is 4.74 Å². The Morgan fingerprint density at radius 2 is 2.11 bits per heavy atom. The van der Waals surface area contributed by atoms with Crippen molar-refractivity contribution < 1.29 is 19.2 Å². The van der Waals surface area contributed by atoms with Gasteiger partial charge in [0.05, 0.1) is 23.6 Å². The molecule has 0 unspecified atom stereocenters. The Morgan fingerprint density at radius 3 is 2.63 bits per heavy atom. The molecule has 0 heterocycles. The Hall–Kier alpha value is -2.44. The lowest BCUT2D eigenvalue weighted by Gasteiger charge is -2.10. The van der Waals surface area contributed by atoms with Gasteiger partial charge in [-0.15, -0.1) is 0 Å². The standard InChI is InChI=1S/C12H14N2O5/c1-3-19-11-9(12(16)13-7-8(2)15)5-4-6-10(11)14(17)18/h4-6H,3,7H2,1-2H3,(H,13,16). The molecule has 1 aromatic carbocycles. The highest BCUT2D eigenvalue weighted by molar-refractivity contribution is 5.99. The van der Waals surface area contributed by atoms with Gasteiger partial charge in [-0.25, -0.2) is 0 Å². The second-order valence-electron chi connectivity index (χ2n) is 3.73. The average Bonchev–Trinajstić information content (AvgIpc) is 2.36. The first-order valence-electron chi connectivity index (χ1n) is 5.65. The molecule has 1 N–H and O–H groups in total. The van der Waals surface area contributed by atoms with Gasteiger partial charge in [-0.1, -0.05) is 6.07 Å². The van der Waals surface area contributed by atoms with E-state index in [1.54, 1.807) is 6.92 Å². The molecule has 0 fully saturated rings. The average molecular weight is 266 g/mol. The van der Waals surface area contributed by atoms with Crippen LogP contribution in [0, 0.1) is 10.1 Å². The van der Waals surface area contributed by atoms with Crippen LogP contribution in [0.15, 0.2) is 18.2 Å². The van der Waals surface area contributed by atoms with E-state index in [9.17, 15) is 19.7 Å². The van der Waals surface area contributed by atoms with Crippen molar-refractivity contribution in [2.45, 2.75) is 13.8 Å². The highest BCUT2D eigenvalue weighted by atomic mass is 16.6. The Morgan fingerprint density at radius 1 is 1.42 bits per heavy atom. The Balaban J connectivity index is 3.11. The van der Waals surface area contributed by atoms with E-state index in [1.807, 2.05) is 0 Å². The van der Waals surface area contributed by atoms with Crippen LogP contribution in [-0.2, 0) is 4.79 Å². The summed E-state index contributed by atoms with van der Waals surface area (Å²) in [6.45, 7) is 3.05. The quantitative estimate of drug-likeness (QED) is 0.618. The summed E-state index contributed by atoms with van der Waals surface area (Å²) >= 11 is 0. The van der Waals surface area contributed by atoms with E-state index in [1.165, 1.54) is 25.1 Å². The van der Waals surface area contributed by atoms with E-state index in [0.29, 0.717) is 0 Å². The van der Waals surface area contributed by atoms with Crippen molar-refractivity contribution in [2.75, 3.05) is 13.2 Å². The Kier molecular flexibility index (Phi) is 4.99. The molecule has 0 saturated carbocycles. The molecule has 0 aliphatic carbocycles. The van der Waals surface area contributed by atoms with Gasteiger partial charge in [0.2, 0.25) is 5.75 Å². The highest BCUT2D eigenvalue weighted by Gasteiger charge is 2.22. The fourth-order valence-corrected chi connectivity index (χ4v) is 1.44. The number of para-hydroxylation sites is 1. The van der Waals surface area contributed by atoms with Gasteiger partial charge < -0.3 is 10.1 Å². The number of nitro groups is 1. The number of ketones is 1. The molecule has 7 nitrogen and oxygen atoms in total. The van der Waals surface area contributed by atoms with Crippen LogP contribution in [0.25, 0.3) is 0 Å². The van der Waals surface area contributed by atoms with E-state index in [0.717, 1.165) is 0 Å². The molecule has 0 bridgehead atoms. The maximum absolute atomic E-state index is 11.9. The summed E-state index contributed by atoms with van der Waals surface area (Å²) in [6, 6.07) is 4.06. The van der Waals surface area contributed by atoms with Crippen LogP contribution in [-0.4, -0.2) is 29.8 Å². The smallest absolute Gasteiger partial charge is 0.311 e. The number of rotatable bonds is 6. The van der Waals surface area contributed by atoms with E-state index < -0.39 is 10.8 Å². The first-order chi connectivity index (χ1) is 8.97. The molecular formula is C12H14N2O5. The third kappa shape index (κ3) is 3.77. The number of carbonyl (C=O) groups excluding carboxylic acids is 2. The number of Topliss-reactive ketones (excluding diaryl/α,β-unsaturated/α-hetero) is 1. The summed E-state index contributed by atoms with van der Waals surface area (Å²) in [4.78, 5) is 32.9. The lowest BCUT2D eigenvalue weighted by Crippen LogP contribution is -2.28. The predicted octanol–water partition coefficient (Wildman–Crippen LogP) is 1.31.